The first-order chi connectivity index (χ1) is 15.7. The zero-order valence-corrected chi connectivity index (χ0v) is 19.4. The molecule has 1 amide bonds. The summed E-state index contributed by atoms with van der Waals surface area (Å²) in [7, 11) is 0. The molecule has 0 radical (unpaired) electrons. The van der Waals surface area contributed by atoms with E-state index >= 15 is 0 Å². The van der Waals surface area contributed by atoms with Gasteiger partial charge in [-0.25, -0.2) is 0 Å². The molecular weight excluding hydrogens is 418 g/mol. The van der Waals surface area contributed by atoms with Crippen molar-refractivity contribution >= 4 is 11.6 Å². The lowest BCUT2D eigenvalue weighted by Gasteiger charge is -2.21. The molecule has 4 rings (SSSR count). The third-order valence-corrected chi connectivity index (χ3v) is 5.14. The molecule has 0 bridgehead atoms. The van der Waals surface area contributed by atoms with Gasteiger partial charge in [0, 0.05) is 11.3 Å². The number of amides is 1. The van der Waals surface area contributed by atoms with E-state index in [1.165, 1.54) is 0 Å². The molecule has 1 N–H and O–H groups in total. The molecule has 0 spiro atoms. The Morgan fingerprint density at radius 2 is 1.85 bits per heavy atom. The van der Waals surface area contributed by atoms with E-state index in [2.05, 4.69) is 36.3 Å². The first-order valence-corrected chi connectivity index (χ1v) is 10.8. The molecule has 7 heteroatoms. The molecule has 170 valence electrons. The molecule has 0 aliphatic carbocycles. The van der Waals surface area contributed by atoms with E-state index in [0.717, 1.165) is 11.1 Å². The number of aryl methyl sites for hydroxylation is 1. The van der Waals surface area contributed by atoms with Crippen LogP contribution in [0.1, 0.15) is 49.2 Å². The quantitative estimate of drug-likeness (QED) is 0.377. The van der Waals surface area contributed by atoms with Gasteiger partial charge in [0.1, 0.15) is 5.75 Å². The second kappa shape index (κ2) is 8.94. The van der Waals surface area contributed by atoms with Crippen LogP contribution < -0.4 is 10.1 Å². The van der Waals surface area contributed by atoms with Crippen molar-refractivity contribution in [3.05, 3.63) is 71.5 Å². The van der Waals surface area contributed by atoms with Gasteiger partial charge in [0.05, 0.1) is 18.4 Å². The molecule has 0 atom stereocenters. The van der Waals surface area contributed by atoms with Crippen molar-refractivity contribution in [2.45, 2.75) is 40.0 Å². The lowest BCUT2D eigenvalue weighted by Crippen LogP contribution is -2.16. The number of aromatic nitrogens is 2. The Balaban J connectivity index is 1.71. The van der Waals surface area contributed by atoms with Crippen LogP contribution in [-0.2, 0) is 5.41 Å². The molecule has 0 aliphatic rings. The smallest absolute Gasteiger partial charge is 0.283 e. The van der Waals surface area contributed by atoms with Crippen LogP contribution in [0.2, 0.25) is 0 Å². The van der Waals surface area contributed by atoms with E-state index in [0.29, 0.717) is 46.7 Å². The standard InChI is InChI=1S/C26H27N3O4/c1-6-31-21-10-9-16(2)12-20(21)23(30)27-19-14-17(13-18(15-19)26(3,4)5)24-28-29-25(33-24)22-8-7-11-32-22/h7-15H,6H2,1-5H3,(H,27,30). The van der Waals surface area contributed by atoms with Crippen molar-refractivity contribution in [2.24, 2.45) is 0 Å². The summed E-state index contributed by atoms with van der Waals surface area (Å²) in [6.07, 6.45) is 1.55. The molecule has 0 unspecified atom stereocenters. The number of hydrogen-bond acceptors (Lipinski definition) is 6. The fraction of sp³-hybridized carbons (Fsp3) is 0.269. The highest BCUT2D eigenvalue weighted by Crippen LogP contribution is 2.32. The summed E-state index contributed by atoms with van der Waals surface area (Å²) >= 11 is 0. The fourth-order valence-electron chi connectivity index (χ4n) is 3.40. The van der Waals surface area contributed by atoms with Gasteiger partial charge >= 0.3 is 0 Å². The molecule has 33 heavy (non-hydrogen) atoms. The van der Waals surface area contributed by atoms with Gasteiger partial charge < -0.3 is 18.9 Å². The van der Waals surface area contributed by atoms with Crippen LogP contribution in [0, 0.1) is 6.92 Å². The number of ether oxygens (including phenoxy) is 1. The van der Waals surface area contributed by atoms with E-state index in [9.17, 15) is 4.79 Å². The lowest BCUT2D eigenvalue weighted by atomic mass is 9.85. The average Bonchev–Trinajstić information content (AvgIpc) is 3.46. The van der Waals surface area contributed by atoms with E-state index in [1.54, 1.807) is 18.4 Å². The summed E-state index contributed by atoms with van der Waals surface area (Å²) in [4.78, 5) is 13.2. The Labute approximate surface area is 192 Å². The van der Waals surface area contributed by atoms with Crippen LogP contribution in [0.15, 0.2) is 63.6 Å². The summed E-state index contributed by atoms with van der Waals surface area (Å²) < 4.78 is 16.8. The second-order valence-corrected chi connectivity index (χ2v) is 8.83. The van der Waals surface area contributed by atoms with Crippen molar-refractivity contribution in [3.8, 4) is 28.9 Å². The van der Waals surface area contributed by atoms with Crippen molar-refractivity contribution < 1.29 is 18.4 Å². The number of furan rings is 1. The van der Waals surface area contributed by atoms with Crippen LogP contribution in [0.4, 0.5) is 5.69 Å². The minimum atomic E-state index is -0.249. The maximum atomic E-state index is 13.2. The Hall–Kier alpha value is -3.87. The maximum absolute atomic E-state index is 13.2. The predicted octanol–water partition coefficient (Wildman–Crippen LogP) is 6.25. The monoisotopic (exact) mass is 445 g/mol. The number of nitrogens with one attached hydrogen (secondary N) is 1. The van der Waals surface area contributed by atoms with Crippen LogP contribution >= 0.6 is 0 Å². The van der Waals surface area contributed by atoms with Crippen molar-refractivity contribution in [3.63, 3.8) is 0 Å². The topological polar surface area (TPSA) is 90.4 Å². The Bertz CT molecular complexity index is 1270. The number of benzene rings is 2. The van der Waals surface area contributed by atoms with Gasteiger partial charge in [-0.05, 0) is 67.3 Å². The molecule has 0 saturated heterocycles. The van der Waals surface area contributed by atoms with Gasteiger partial charge in [-0.1, -0.05) is 32.4 Å². The van der Waals surface area contributed by atoms with Crippen LogP contribution in [0.25, 0.3) is 23.1 Å². The highest BCUT2D eigenvalue weighted by atomic mass is 16.5. The van der Waals surface area contributed by atoms with Crippen molar-refractivity contribution in [1.29, 1.82) is 0 Å². The van der Waals surface area contributed by atoms with Crippen molar-refractivity contribution in [2.75, 3.05) is 11.9 Å². The summed E-state index contributed by atoms with van der Waals surface area (Å²) in [5, 5.41) is 11.3. The van der Waals surface area contributed by atoms with Gasteiger partial charge in [-0.2, -0.15) is 0 Å². The zero-order chi connectivity index (χ0) is 23.6. The van der Waals surface area contributed by atoms with Gasteiger partial charge in [-0.15, -0.1) is 10.2 Å². The highest BCUT2D eigenvalue weighted by Gasteiger charge is 2.21. The summed E-state index contributed by atoms with van der Waals surface area (Å²) in [6, 6.07) is 14.9. The van der Waals surface area contributed by atoms with Crippen LogP contribution in [0.3, 0.4) is 0 Å². The summed E-state index contributed by atoms with van der Waals surface area (Å²) in [6.45, 7) is 10.6. The number of carbonyl (C=O) groups excluding carboxylic acids is 1. The molecule has 2 aromatic heterocycles. The van der Waals surface area contributed by atoms with Crippen LogP contribution in [-0.4, -0.2) is 22.7 Å². The molecular formula is C26H27N3O4. The Morgan fingerprint density at radius 1 is 1.06 bits per heavy atom. The van der Waals surface area contributed by atoms with Gasteiger partial charge in [0.15, 0.2) is 5.76 Å². The average molecular weight is 446 g/mol. The predicted molar refractivity (Wildman–Crippen MR) is 126 cm³/mol. The third-order valence-electron chi connectivity index (χ3n) is 5.14. The minimum absolute atomic E-state index is 0.167. The first kappa shape index (κ1) is 22.3. The molecule has 0 aliphatic heterocycles. The number of carbonyl (C=O) groups is 1. The Morgan fingerprint density at radius 3 is 2.55 bits per heavy atom. The molecule has 4 aromatic rings. The summed E-state index contributed by atoms with van der Waals surface area (Å²) in [5.74, 6) is 1.43. The molecule has 0 fully saturated rings. The highest BCUT2D eigenvalue weighted by molar-refractivity contribution is 6.06. The van der Waals surface area contributed by atoms with Crippen LogP contribution in [0.5, 0.6) is 5.75 Å². The maximum Gasteiger partial charge on any atom is 0.283 e. The zero-order valence-electron chi connectivity index (χ0n) is 19.4. The fourth-order valence-corrected chi connectivity index (χ4v) is 3.40. The number of anilines is 1. The molecule has 7 nitrogen and oxygen atoms in total. The number of hydrogen-bond donors (Lipinski definition) is 1. The van der Waals surface area contributed by atoms with Gasteiger partial charge in [-0.3, -0.25) is 4.79 Å². The largest absolute Gasteiger partial charge is 0.493 e. The minimum Gasteiger partial charge on any atom is -0.493 e. The van der Waals surface area contributed by atoms with E-state index < -0.39 is 0 Å². The van der Waals surface area contributed by atoms with E-state index in [1.807, 2.05) is 50.2 Å². The third kappa shape index (κ3) is 4.98. The molecule has 0 saturated carbocycles. The number of nitrogens with zero attached hydrogens (tertiary/aromatic N) is 2. The SMILES string of the molecule is CCOc1ccc(C)cc1C(=O)Nc1cc(-c2nnc(-c3ccco3)o2)cc(C(C)(C)C)c1. The van der Waals surface area contributed by atoms with Gasteiger partial charge in [0.2, 0.25) is 5.89 Å². The second-order valence-electron chi connectivity index (χ2n) is 8.83. The van der Waals surface area contributed by atoms with Gasteiger partial charge in [0.25, 0.3) is 11.8 Å². The summed E-state index contributed by atoms with van der Waals surface area (Å²) in [5.41, 5.74) is 3.64. The van der Waals surface area contributed by atoms with E-state index in [-0.39, 0.29) is 11.3 Å². The number of rotatable bonds is 6. The lowest BCUT2D eigenvalue weighted by molar-refractivity contribution is 0.102. The normalized spacial score (nSPS) is 11.4. The molecule has 2 aromatic carbocycles. The first-order valence-electron chi connectivity index (χ1n) is 10.8. The van der Waals surface area contributed by atoms with E-state index in [4.69, 9.17) is 13.6 Å². The Kier molecular flexibility index (Phi) is 6.05. The molecule has 2 heterocycles. The van der Waals surface area contributed by atoms with Crippen molar-refractivity contribution in [1.82, 2.24) is 10.2 Å².